The fraction of sp³-hybridized carbons (Fsp3) is 0.200. The maximum atomic E-state index is 12.9. The largest absolute Gasteiger partial charge is 0.497 e. The summed E-state index contributed by atoms with van der Waals surface area (Å²) in [4.78, 5) is 24.3. The molecule has 0 aliphatic carbocycles. The van der Waals surface area contributed by atoms with Gasteiger partial charge in [-0.15, -0.1) is 0 Å². The van der Waals surface area contributed by atoms with Gasteiger partial charge in [-0.2, -0.15) is 0 Å². The summed E-state index contributed by atoms with van der Waals surface area (Å²) in [6.45, 7) is 0.792. The van der Waals surface area contributed by atoms with E-state index in [0.29, 0.717) is 17.1 Å². The molecule has 0 heterocycles. The molecule has 0 atom stereocenters. The average Bonchev–Trinajstić information content (AvgIpc) is 2.86. The second-order valence-corrected chi connectivity index (χ2v) is 11.7. The summed E-state index contributed by atoms with van der Waals surface area (Å²) in [7, 11) is -5.02. The van der Waals surface area contributed by atoms with Crippen LogP contribution < -0.4 is 23.8 Å². The van der Waals surface area contributed by atoms with E-state index in [-0.39, 0.29) is 27.7 Å². The number of hydrogen-bond acceptors (Lipinski definition) is 8. The maximum Gasteiger partial charge on any atom is 0.262 e. The molecule has 3 aromatic rings. The molecule has 0 aromatic heterocycles. The van der Waals surface area contributed by atoms with E-state index in [4.69, 9.17) is 9.47 Å². The van der Waals surface area contributed by atoms with E-state index in [9.17, 15) is 26.4 Å². The van der Waals surface area contributed by atoms with Crippen LogP contribution in [0.4, 0.5) is 17.1 Å². The summed E-state index contributed by atoms with van der Waals surface area (Å²) >= 11 is 0. The fourth-order valence-electron chi connectivity index (χ4n) is 3.43. The van der Waals surface area contributed by atoms with E-state index < -0.39 is 32.5 Å². The molecule has 202 valence electrons. The van der Waals surface area contributed by atoms with E-state index >= 15 is 0 Å². The molecule has 0 radical (unpaired) electrons. The summed E-state index contributed by atoms with van der Waals surface area (Å²) in [6.07, 6.45) is 0.949. The summed E-state index contributed by atoms with van der Waals surface area (Å²) in [5.74, 6) is -0.196. The predicted molar refractivity (Wildman–Crippen MR) is 144 cm³/mol. The summed E-state index contributed by atoms with van der Waals surface area (Å²) in [5.41, 5.74) is 0.891. The Labute approximate surface area is 221 Å². The van der Waals surface area contributed by atoms with E-state index in [1.807, 2.05) is 0 Å². The number of methoxy groups -OCH3 is 2. The molecule has 1 amide bonds. The zero-order valence-electron chi connectivity index (χ0n) is 21.1. The van der Waals surface area contributed by atoms with Gasteiger partial charge in [0.25, 0.3) is 10.0 Å². The molecular formula is C25H27N3O8S2. The quantitative estimate of drug-likeness (QED) is 0.339. The molecule has 11 nitrogen and oxygen atoms in total. The minimum atomic E-state index is -4.02. The monoisotopic (exact) mass is 561 g/mol. The molecule has 3 rings (SSSR count). The lowest BCUT2D eigenvalue weighted by Crippen LogP contribution is -2.37. The van der Waals surface area contributed by atoms with Crippen LogP contribution in [0, 0.1) is 0 Å². The number of carbonyl (C=O) groups is 2. The first-order valence-corrected chi connectivity index (χ1v) is 14.4. The zero-order valence-corrected chi connectivity index (χ0v) is 22.7. The Bertz CT molecular complexity index is 1550. The molecular weight excluding hydrogens is 534 g/mol. The Hall–Kier alpha value is -4.10. The van der Waals surface area contributed by atoms with Gasteiger partial charge < -0.3 is 14.8 Å². The lowest BCUT2D eigenvalue weighted by atomic mass is 10.1. The molecule has 0 bridgehead atoms. The third-order valence-corrected chi connectivity index (χ3v) is 7.85. The number of Topliss-reactive ketones (excluding diaryl/α,β-unsaturated/α-hetero) is 1. The van der Waals surface area contributed by atoms with Crippen LogP contribution in [0.5, 0.6) is 11.5 Å². The van der Waals surface area contributed by atoms with Gasteiger partial charge in [-0.3, -0.25) is 18.6 Å². The van der Waals surface area contributed by atoms with E-state index in [2.05, 4.69) is 10.0 Å². The van der Waals surface area contributed by atoms with Crippen molar-refractivity contribution in [1.29, 1.82) is 0 Å². The number of rotatable bonds is 11. The minimum Gasteiger partial charge on any atom is -0.497 e. The number of sulfonamides is 2. The summed E-state index contributed by atoms with van der Waals surface area (Å²) in [6, 6.07) is 15.9. The molecule has 0 fully saturated rings. The highest BCUT2D eigenvalue weighted by molar-refractivity contribution is 7.92. The van der Waals surface area contributed by atoms with Crippen LogP contribution in [0.2, 0.25) is 0 Å². The van der Waals surface area contributed by atoms with Crippen molar-refractivity contribution >= 4 is 48.8 Å². The molecule has 0 spiro atoms. The molecule has 0 saturated heterocycles. The van der Waals surface area contributed by atoms with Gasteiger partial charge in [0.1, 0.15) is 18.0 Å². The molecule has 3 aromatic carbocycles. The lowest BCUT2D eigenvalue weighted by molar-refractivity contribution is -0.114. The van der Waals surface area contributed by atoms with Crippen molar-refractivity contribution < 1.29 is 35.9 Å². The van der Waals surface area contributed by atoms with Gasteiger partial charge in [-0.25, -0.2) is 16.8 Å². The molecule has 0 aliphatic heterocycles. The van der Waals surface area contributed by atoms with Crippen LogP contribution in [-0.4, -0.2) is 55.5 Å². The predicted octanol–water partition coefficient (Wildman–Crippen LogP) is 3.11. The van der Waals surface area contributed by atoms with Gasteiger partial charge in [0.05, 0.1) is 36.7 Å². The number of ketones is 1. The number of benzene rings is 3. The number of nitrogens with one attached hydrogen (secondary N) is 2. The van der Waals surface area contributed by atoms with Gasteiger partial charge in [0, 0.05) is 17.3 Å². The number of carbonyl (C=O) groups excluding carboxylic acids is 2. The first-order chi connectivity index (χ1) is 17.8. The van der Waals surface area contributed by atoms with E-state index in [0.717, 1.165) is 10.6 Å². The van der Waals surface area contributed by atoms with Gasteiger partial charge in [-0.1, -0.05) is 12.1 Å². The molecule has 38 heavy (non-hydrogen) atoms. The highest BCUT2D eigenvalue weighted by Gasteiger charge is 2.22. The van der Waals surface area contributed by atoms with E-state index in [1.54, 1.807) is 18.2 Å². The number of amides is 1. The van der Waals surface area contributed by atoms with Crippen LogP contribution >= 0.6 is 0 Å². The fourth-order valence-corrected chi connectivity index (χ4v) is 5.34. The van der Waals surface area contributed by atoms with Crippen molar-refractivity contribution in [3.05, 3.63) is 72.3 Å². The Balaban J connectivity index is 1.76. The smallest absolute Gasteiger partial charge is 0.262 e. The Kier molecular flexibility index (Phi) is 8.63. The molecule has 0 aliphatic rings. The number of nitrogens with zero attached hydrogens (tertiary/aromatic N) is 1. The van der Waals surface area contributed by atoms with Crippen molar-refractivity contribution in [3.8, 4) is 11.5 Å². The third-order valence-electron chi connectivity index (χ3n) is 5.33. The SMILES string of the molecule is COc1ccc(OC)c(NS(=O)(=O)c2ccc(NC(=O)CN(c3cccc(C(C)=O)c3)S(C)(=O)=O)cc2)c1. The van der Waals surface area contributed by atoms with E-state index in [1.165, 1.54) is 69.7 Å². The molecule has 13 heteroatoms. The van der Waals surface area contributed by atoms with Crippen LogP contribution in [0.25, 0.3) is 0 Å². The summed E-state index contributed by atoms with van der Waals surface area (Å²) in [5, 5.41) is 2.55. The normalized spacial score (nSPS) is 11.4. The third kappa shape index (κ3) is 7.01. The maximum absolute atomic E-state index is 12.9. The second-order valence-electron chi connectivity index (χ2n) is 8.12. The average molecular weight is 562 g/mol. The van der Waals surface area contributed by atoms with Gasteiger partial charge in [0.2, 0.25) is 15.9 Å². The Morgan fingerprint density at radius 3 is 2.16 bits per heavy atom. The van der Waals surface area contributed by atoms with Crippen molar-refractivity contribution in [2.24, 2.45) is 0 Å². The molecule has 0 unspecified atom stereocenters. The molecule has 0 saturated carbocycles. The zero-order chi connectivity index (χ0) is 28.1. The van der Waals surface area contributed by atoms with Gasteiger partial charge in [-0.05, 0) is 55.5 Å². The van der Waals surface area contributed by atoms with Crippen LogP contribution in [-0.2, 0) is 24.8 Å². The second kappa shape index (κ2) is 11.5. The summed E-state index contributed by atoms with van der Waals surface area (Å²) < 4.78 is 64.2. The van der Waals surface area contributed by atoms with Crippen molar-refractivity contribution in [2.45, 2.75) is 11.8 Å². The van der Waals surface area contributed by atoms with Crippen LogP contribution in [0.1, 0.15) is 17.3 Å². The highest BCUT2D eigenvalue weighted by atomic mass is 32.2. The number of anilines is 3. The Morgan fingerprint density at radius 1 is 0.895 bits per heavy atom. The Morgan fingerprint density at radius 2 is 1.58 bits per heavy atom. The minimum absolute atomic E-state index is 0.0841. The first-order valence-electron chi connectivity index (χ1n) is 11.1. The van der Waals surface area contributed by atoms with Crippen molar-refractivity contribution in [3.63, 3.8) is 0 Å². The molecule has 2 N–H and O–H groups in total. The highest BCUT2D eigenvalue weighted by Crippen LogP contribution is 2.31. The number of ether oxygens (including phenoxy) is 2. The lowest BCUT2D eigenvalue weighted by Gasteiger charge is -2.22. The van der Waals surface area contributed by atoms with Crippen molar-refractivity contribution in [2.75, 3.05) is 41.4 Å². The standard InChI is InChI=1S/C25H27N3O8S2/c1-17(29)18-6-5-7-20(14-18)28(37(4,31)32)16-25(30)26-19-8-11-22(12-9-19)38(33,34)27-23-15-21(35-2)10-13-24(23)36-3/h5-15,27H,16H2,1-4H3,(H,26,30). The first kappa shape index (κ1) is 28.5. The van der Waals surface area contributed by atoms with Crippen molar-refractivity contribution in [1.82, 2.24) is 0 Å². The number of hydrogen-bond donors (Lipinski definition) is 2. The van der Waals surface area contributed by atoms with Gasteiger partial charge in [0.15, 0.2) is 5.78 Å². The van der Waals surface area contributed by atoms with Gasteiger partial charge >= 0.3 is 0 Å². The van der Waals surface area contributed by atoms with Crippen LogP contribution in [0.15, 0.2) is 71.6 Å². The van der Waals surface area contributed by atoms with Crippen LogP contribution in [0.3, 0.4) is 0 Å². The topological polar surface area (TPSA) is 148 Å².